The van der Waals surface area contributed by atoms with Crippen LogP contribution in [0.1, 0.15) is 12.5 Å². The van der Waals surface area contributed by atoms with Crippen LogP contribution in [0.2, 0.25) is 0 Å². The van der Waals surface area contributed by atoms with Crippen molar-refractivity contribution in [3.8, 4) is 17.1 Å². The average molecular weight is 398 g/mol. The molecule has 0 spiro atoms. The van der Waals surface area contributed by atoms with E-state index in [1.54, 1.807) is 7.11 Å². The zero-order valence-corrected chi connectivity index (χ0v) is 16.6. The molecular formula is C20H23N5O2S. The van der Waals surface area contributed by atoms with E-state index in [0.29, 0.717) is 17.5 Å². The van der Waals surface area contributed by atoms with Crippen LogP contribution in [0.15, 0.2) is 59.8 Å². The van der Waals surface area contributed by atoms with Crippen LogP contribution in [0.5, 0.6) is 5.75 Å². The highest BCUT2D eigenvalue weighted by molar-refractivity contribution is 8.00. The fraction of sp³-hybridized carbons (Fsp3) is 0.250. The molecule has 0 aliphatic rings. The van der Waals surface area contributed by atoms with Crippen molar-refractivity contribution < 1.29 is 9.53 Å². The van der Waals surface area contributed by atoms with E-state index in [-0.39, 0.29) is 11.2 Å². The van der Waals surface area contributed by atoms with Gasteiger partial charge in [-0.05, 0) is 43.2 Å². The second kappa shape index (κ2) is 9.27. The number of thioether (sulfide) groups is 1. The molecule has 1 aromatic heterocycles. The molecule has 0 saturated carbocycles. The maximum Gasteiger partial charge on any atom is 0.233 e. The summed E-state index contributed by atoms with van der Waals surface area (Å²) in [6.07, 6.45) is 0.790. The van der Waals surface area contributed by atoms with E-state index in [0.717, 1.165) is 17.7 Å². The molecule has 1 heterocycles. The minimum Gasteiger partial charge on any atom is -0.497 e. The summed E-state index contributed by atoms with van der Waals surface area (Å²) in [7, 11) is 1.61. The van der Waals surface area contributed by atoms with E-state index in [1.165, 1.54) is 22.0 Å². The van der Waals surface area contributed by atoms with Gasteiger partial charge in [0.25, 0.3) is 0 Å². The van der Waals surface area contributed by atoms with E-state index in [2.05, 4.69) is 15.5 Å². The van der Waals surface area contributed by atoms with Crippen molar-refractivity contribution in [1.82, 2.24) is 20.2 Å². The van der Waals surface area contributed by atoms with Gasteiger partial charge in [-0.3, -0.25) is 4.79 Å². The second-order valence-electron chi connectivity index (χ2n) is 6.19. The Morgan fingerprint density at radius 3 is 2.57 bits per heavy atom. The van der Waals surface area contributed by atoms with Crippen molar-refractivity contribution in [2.75, 3.05) is 19.5 Å². The molecule has 3 aromatic rings. The third kappa shape index (κ3) is 4.83. The van der Waals surface area contributed by atoms with E-state index in [4.69, 9.17) is 10.6 Å². The van der Waals surface area contributed by atoms with Gasteiger partial charge in [0.15, 0.2) is 5.82 Å². The minimum atomic E-state index is -0.342. The number of nitrogens with zero attached hydrogens (tertiary/aromatic N) is 3. The normalized spacial score (nSPS) is 11.8. The van der Waals surface area contributed by atoms with Crippen molar-refractivity contribution in [3.05, 3.63) is 60.2 Å². The van der Waals surface area contributed by atoms with E-state index in [1.807, 2.05) is 61.5 Å². The van der Waals surface area contributed by atoms with Gasteiger partial charge in [0.05, 0.1) is 12.4 Å². The summed E-state index contributed by atoms with van der Waals surface area (Å²) >= 11 is 1.28. The molecule has 0 bridgehead atoms. The highest BCUT2D eigenvalue weighted by atomic mass is 32.2. The third-order valence-electron chi connectivity index (χ3n) is 4.22. The molecule has 0 unspecified atom stereocenters. The summed E-state index contributed by atoms with van der Waals surface area (Å²) in [5.41, 5.74) is 2.01. The molecule has 0 aliphatic carbocycles. The van der Waals surface area contributed by atoms with Crippen molar-refractivity contribution in [3.63, 3.8) is 0 Å². The number of nitrogens with one attached hydrogen (secondary N) is 1. The molecule has 0 fully saturated rings. The lowest BCUT2D eigenvalue weighted by Crippen LogP contribution is -2.32. The summed E-state index contributed by atoms with van der Waals surface area (Å²) in [6, 6.07) is 17.4. The fourth-order valence-electron chi connectivity index (χ4n) is 2.62. The lowest BCUT2D eigenvalue weighted by atomic mass is 10.1. The zero-order chi connectivity index (χ0) is 19.9. The molecule has 28 heavy (non-hydrogen) atoms. The van der Waals surface area contributed by atoms with Gasteiger partial charge in [-0.15, -0.1) is 10.2 Å². The van der Waals surface area contributed by atoms with Crippen LogP contribution >= 0.6 is 11.8 Å². The summed E-state index contributed by atoms with van der Waals surface area (Å²) in [5.74, 6) is 7.36. The summed E-state index contributed by atoms with van der Waals surface area (Å²) < 4.78 is 6.56. The number of aromatic nitrogens is 3. The summed E-state index contributed by atoms with van der Waals surface area (Å²) in [5, 5.41) is 11.4. The van der Waals surface area contributed by atoms with Crippen LogP contribution in [0.25, 0.3) is 11.4 Å². The Hall–Kier alpha value is -3.00. The van der Waals surface area contributed by atoms with Crippen LogP contribution in [-0.4, -0.2) is 39.7 Å². The molecule has 3 rings (SSSR count). The first-order valence-corrected chi connectivity index (χ1v) is 9.79. The number of ether oxygens (including phenoxy) is 1. The molecule has 2 aromatic carbocycles. The number of methoxy groups -OCH3 is 1. The molecule has 0 aliphatic heterocycles. The third-order valence-corrected chi connectivity index (χ3v) is 5.28. The van der Waals surface area contributed by atoms with E-state index in [9.17, 15) is 4.79 Å². The standard InChI is InChI=1S/C20H23N5O2S/c1-14(19(26)22-13-12-15-6-4-3-5-7-15)28-20-24-23-18(25(20)21)16-8-10-17(27-2)11-9-16/h3-11,14H,12-13,21H2,1-2H3,(H,22,26)/t14-/m0/s1. The summed E-state index contributed by atoms with van der Waals surface area (Å²) in [6.45, 7) is 2.41. The topological polar surface area (TPSA) is 95.1 Å². The maximum atomic E-state index is 12.4. The number of rotatable bonds is 8. The van der Waals surface area contributed by atoms with Crippen LogP contribution in [0, 0.1) is 0 Å². The first-order valence-electron chi connectivity index (χ1n) is 8.91. The lowest BCUT2D eigenvalue weighted by molar-refractivity contribution is -0.120. The molecule has 1 amide bonds. The Morgan fingerprint density at radius 1 is 1.18 bits per heavy atom. The number of amides is 1. The van der Waals surface area contributed by atoms with Gasteiger partial charge in [-0.2, -0.15) is 0 Å². The molecule has 1 atom stereocenters. The largest absolute Gasteiger partial charge is 0.497 e. The van der Waals surface area contributed by atoms with Gasteiger partial charge in [0.2, 0.25) is 11.1 Å². The van der Waals surface area contributed by atoms with Crippen LogP contribution < -0.4 is 15.9 Å². The lowest BCUT2D eigenvalue weighted by Gasteiger charge is -2.11. The summed E-state index contributed by atoms with van der Waals surface area (Å²) in [4.78, 5) is 12.4. The number of carbonyl (C=O) groups is 1. The van der Waals surface area contributed by atoms with Gasteiger partial charge in [0.1, 0.15) is 5.75 Å². The predicted molar refractivity (Wildman–Crippen MR) is 111 cm³/mol. The Morgan fingerprint density at radius 2 is 1.89 bits per heavy atom. The molecule has 0 saturated heterocycles. The van der Waals surface area contributed by atoms with E-state index < -0.39 is 0 Å². The second-order valence-corrected chi connectivity index (χ2v) is 7.50. The van der Waals surface area contributed by atoms with Crippen LogP contribution in [0.4, 0.5) is 0 Å². The Bertz CT molecular complexity index is 912. The molecule has 7 nitrogen and oxygen atoms in total. The monoisotopic (exact) mass is 397 g/mol. The first-order chi connectivity index (χ1) is 13.6. The Balaban J connectivity index is 1.56. The molecular weight excluding hydrogens is 374 g/mol. The Labute approximate surface area is 168 Å². The highest BCUT2D eigenvalue weighted by Crippen LogP contribution is 2.25. The highest BCUT2D eigenvalue weighted by Gasteiger charge is 2.19. The molecule has 8 heteroatoms. The smallest absolute Gasteiger partial charge is 0.233 e. The maximum absolute atomic E-state index is 12.4. The number of hydrogen-bond donors (Lipinski definition) is 2. The number of hydrogen-bond acceptors (Lipinski definition) is 6. The number of nitrogen functional groups attached to an aromatic ring is 1. The molecule has 0 radical (unpaired) electrons. The zero-order valence-electron chi connectivity index (χ0n) is 15.8. The van der Waals surface area contributed by atoms with Crippen molar-refractivity contribution >= 4 is 17.7 Å². The quantitative estimate of drug-likeness (QED) is 0.448. The first kappa shape index (κ1) is 19.8. The molecule has 146 valence electrons. The number of benzene rings is 2. The van der Waals surface area contributed by atoms with Gasteiger partial charge in [0, 0.05) is 12.1 Å². The SMILES string of the molecule is COc1ccc(-c2nnc(S[C@@H](C)C(=O)NCCc3ccccc3)n2N)cc1. The van der Waals surface area contributed by atoms with Crippen molar-refractivity contribution in [2.45, 2.75) is 23.8 Å². The number of carbonyl (C=O) groups excluding carboxylic acids is 1. The van der Waals surface area contributed by atoms with Gasteiger partial charge in [-0.1, -0.05) is 42.1 Å². The van der Waals surface area contributed by atoms with Crippen molar-refractivity contribution in [2.24, 2.45) is 0 Å². The van der Waals surface area contributed by atoms with Gasteiger partial charge < -0.3 is 15.9 Å². The van der Waals surface area contributed by atoms with E-state index >= 15 is 0 Å². The molecule has 3 N–H and O–H groups in total. The average Bonchev–Trinajstić information content (AvgIpc) is 3.09. The van der Waals surface area contributed by atoms with Crippen LogP contribution in [-0.2, 0) is 11.2 Å². The predicted octanol–water partition coefficient (Wildman–Crippen LogP) is 2.51. The minimum absolute atomic E-state index is 0.0603. The number of nitrogens with two attached hydrogens (primary N) is 1. The van der Waals surface area contributed by atoms with Gasteiger partial charge >= 0.3 is 0 Å². The van der Waals surface area contributed by atoms with Crippen molar-refractivity contribution in [1.29, 1.82) is 0 Å². The fourth-order valence-corrected chi connectivity index (χ4v) is 3.42. The Kier molecular flexibility index (Phi) is 6.54. The van der Waals surface area contributed by atoms with Gasteiger partial charge in [-0.25, -0.2) is 4.68 Å². The van der Waals surface area contributed by atoms with Crippen LogP contribution in [0.3, 0.4) is 0 Å².